The number of anilines is 1. The van der Waals surface area contributed by atoms with Crippen molar-refractivity contribution in [3.05, 3.63) is 42.0 Å². The van der Waals surface area contributed by atoms with E-state index in [1.807, 2.05) is 13.8 Å². The van der Waals surface area contributed by atoms with E-state index < -0.39 is 10.1 Å². The summed E-state index contributed by atoms with van der Waals surface area (Å²) in [4.78, 5) is 14.8. The molecule has 0 radical (unpaired) electrons. The van der Waals surface area contributed by atoms with Gasteiger partial charge in [0.2, 0.25) is 0 Å². The minimum Gasteiger partial charge on any atom is -0.497 e. The molecule has 176 valence electrons. The van der Waals surface area contributed by atoms with Crippen molar-refractivity contribution >= 4 is 21.8 Å². The molecule has 9 nitrogen and oxygen atoms in total. The second-order valence-electron chi connectivity index (χ2n) is 7.15. The summed E-state index contributed by atoms with van der Waals surface area (Å²) in [7, 11) is 0.740. The largest absolute Gasteiger partial charge is 0.497 e. The predicted molar refractivity (Wildman–Crippen MR) is 122 cm³/mol. The summed E-state index contributed by atoms with van der Waals surface area (Å²) >= 11 is 0. The van der Waals surface area contributed by atoms with Crippen LogP contribution in [0.1, 0.15) is 25.8 Å². The number of nitrogens with one attached hydrogen (secondary N) is 1. The lowest BCUT2D eigenvalue weighted by atomic mass is 10.1. The van der Waals surface area contributed by atoms with Gasteiger partial charge in [0.25, 0.3) is 0 Å². The molecular weight excluding hydrogens is 436 g/mol. The molecule has 2 amide bonds. The van der Waals surface area contributed by atoms with Crippen molar-refractivity contribution in [1.82, 2.24) is 4.90 Å². The first kappa shape index (κ1) is 25.1. The summed E-state index contributed by atoms with van der Waals surface area (Å²) in [5, 5.41) is 2.88. The lowest BCUT2D eigenvalue weighted by molar-refractivity contribution is 0.187. The van der Waals surface area contributed by atoms with E-state index in [2.05, 4.69) is 5.32 Å². The highest BCUT2D eigenvalue weighted by molar-refractivity contribution is 7.86. The van der Waals surface area contributed by atoms with Crippen molar-refractivity contribution < 1.29 is 31.6 Å². The molecule has 0 fully saturated rings. The molecule has 10 heteroatoms. The SMILES string of the molecule is CCC(C)N(Cc1ccc(OC)c(OS(C)(=O)=O)c1)C(=O)Nc1ccc(OC)cc1OC. The normalized spacial score (nSPS) is 11.9. The van der Waals surface area contributed by atoms with Crippen LogP contribution in [0.3, 0.4) is 0 Å². The van der Waals surface area contributed by atoms with Gasteiger partial charge in [0, 0.05) is 18.7 Å². The molecule has 0 aromatic heterocycles. The van der Waals surface area contributed by atoms with Gasteiger partial charge in [-0.2, -0.15) is 8.42 Å². The number of hydrogen-bond donors (Lipinski definition) is 1. The molecule has 2 rings (SSSR count). The van der Waals surface area contributed by atoms with Gasteiger partial charge in [-0.25, -0.2) is 4.79 Å². The van der Waals surface area contributed by atoms with Gasteiger partial charge in [0.1, 0.15) is 11.5 Å². The van der Waals surface area contributed by atoms with Gasteiger partial charge in [-0.1, -0.05) is 13.0 Å². The van der Waals surface area contributed by atoms with Crippen LogP contribution in [0.4, 0.5) is 10.5 Å². The molecule has 0 aliphatic rings. The molecule has 1 N–H and O–H groups in total. The number of hydrogen-bond acceptors (Lipinski definition) is 7. The first-order valence-electron chi connectivity index (χ1n) is 9.97. The Morgan fingerprint density at radius 2 is 1.69 bits per heavy atom. The zero-order valence-corrected chi connectivity index (χ0v) is 20.0. The van der Waals surface area contributed by atoms with E-state index in [1.165, 1.54) is 14.2 Å². The highest BCUT2D eigenvalue weighted by Gasteiger charge is 2.22. The Bertz CT molecular complexity index is 1040. The molecule has 1 atom stereocenters. The number of urea groups is 1. The van der Waals surface area contributed by atoms with Gasteiger partial charge in [-0.3, -0.25) is 0 Å². The number of nitrogens with zero attached hydrogens (tertiary/aromatic N) is 1. The van der Waals surface area contributed by atoms with Crippen LogP contribution >= 0.6 is 0 Å². The van der Waals surface area contributed by atoms with Crippen molar-refractivity contribution in [2.45, 2.75) is 32.9 Å². The number of ether oxygens (including phenoxy) is 3. The fraction of sp³-hybridized carbons (Fsp3) is 0.409. The molecule has 2 aromatic rings. The van der Waals surface area contributed by atoms with Crippen LogP contribution in [0.15, 0.2) is 36.4 Å². The molecule has 0 aliphatic heterocycles. The Morgan fingerprint density at radius 1 is 1.00 bits per heavy atom. The average molecular weight is 467 g/mol. The highest BCUT2D eigenvalue weighted by Crippen LogP contribution is 2.31. The Morgan fingerprint density at radius 3 is 2.25 bits per heavy atom. The van der Waals surface area contributed by atoms with Crippen LogP contribution in [-0.2, 0) is 16.7 Å². The van der Waals surface area contributed by atoms with Crippen molar-refractivity contribution in [2.75, 3.05) is 32.9 Å². The van der Waals surface area contributed by atoms with Crippen molar-refractivity contribution in [1.29, 1.82) is 0 Å². The third kappa shape index (κ3) is 6.68. The van der Waals surface area contributed by atoms with E-state index in [1.54, 1.807) is 48.4 Å². The molecule has 0 aliphatic carbocycles. The Balaban J connectivity index is 2.31. The zero-order chi connectivity index (χ0) is 23.9. The van der Waals surface area contributed by atoms with E-state index in [0.717, 1.165) is 12.7 Å². The molecule has 0 spiro atoms. The molecule has 0 saturated heterocycles. The topological polar surface area (TPSA) is 103 Å². The summed E-state index contributed by atoms with van der Waals surface area (Å²) in [6.07, 6.45) is 1.68. The lowest BCUT2D eigenvalue weighted by Gasteiger charge is -2.29. The highest BCUT2D eigenvalue weighted by atomic mass is 32.2. The van der Waals surface area contributed by atoms with E-state index in [0.29, 0.717) is 22.7 Å². The van der Waals surface area contributed by atoms with E-state index in [4.69, 9.17) is 18.4 Å². The number of amides is 2. The monoisotopic (exact) mass is 466 g/mol. The van der Waals surface area contributed by atoms with Crippen LogP contribution in [0.5, 0.6) is 23.0 Å². The summed E-state index contributed by atoms with van der Waals surface area (Å²) < 4.78 is 44.0. The Kier molecular flexibility index (Phi) is 8.59. The van der Waals surface area contributed by atoms with E-state index in [9.17, 15) is 13.2 Å². The molecule has 32 heavy (non-hydrogen) atoms. The third-order valence-corrected chi connectivity index (χ3v) is 5.34. The van der Waals surface area contributed by atoms with Gasteiger partial charge >= 0.3 is 16.1 Å². The second-order valence-corrected chi connectivity index (χ2v) is 8.73. The van der Waals surface area contributed by atoms with E-state index >= 15 is 0 Å². The second kappa shape index (κ2) is 10.9. The minimum atomic E-state index is -3.74. The zero-order valence-electron chi connectivity index (χ0n) is 19.2. The average Bonchev–Trinajstić information content (AvgIpc) is 2.76. The Labute approximate surface area is 189 Å². The predicted octanol–water partition coefficient (Wildman–Crippen LogP) is 3.88. The van der Waals surface area contributed by atoms with Crippen molar-refractivity contribution in [3.8, 4) is 23.0 Å². The molecule has 0 saturated carbocycles. The van der Waals surface area contributed by atoms with Gasteiger partial charge in [-0.15, -0.1) is 0 Å². The fourth-order valence-corrected chi connectivity index (χ4v) is 3.44. The van der Waals surface area contributed by atoms with Crippen molar-refractivity contribution in [3.63, 3.8) is 0 Å². The maximum Gasteiger partial charge on any atom is 0.322 e. The standard InChI is InChI=1S/C22H30N2O7S/c1-7-15(2)24(22(25)23-18-10-9-17(28-3)13-20(18)30-5)14-16-8-11-19(29-4)21(12-16)31-32(6,26)27/h8-13,15H,7,14H2,1-6H3,(H,23,25). The van der Waals surface area contributed by atoms with Gasteiger partial charge in [-0.05, 0) is 43.2 Å². The number of methoxy groups -OCH3 is 3. The van der Waals surface area contributed by atoms with Crippen LogP contribution in [-0.4, -0.2) is 53.0 Å². The maximum absolute atomic E-state index is 13.2. The number of rotatable bonds is 10. The van der Waals surface area contributed by atoms with E-state index in [-0.39, 0.29) is 30.1 Å². The molecular formula is C22H30N2O7S. The summed E-state index contributed by atoms with van der Waals surface area (Å²) in [6.45, 7) is 4.14. The maximum atomic E-state index is 13.2. The number of carbonyl (C=O) groups is 1. The number of carbonyl (C=O) groups excluding carboxylic acids is 1. The van der Waals surface area contributed by atoms with Gasteiger partial charge in [0.05, 0.1) is 33.3 Å². The Hall–Kier alpha value is -3.14. The van der Waals surface area contributed by atoms with Gasteiger partial charge < -0.3 is 28.6 Å². The van der Waals surface area contributed by atoms with Crippen LogP contribution in [0.2, 0.25) is 0 Å². The fourth-order valence-electron chi connectivity index (χ4n) is 2.98. The quantitative estimate of drug-likeness (QED) is 0.530. The minimum absolute atomic E-state index is 0.0637. The molecule has 0 bridgehead atoms. The lowest BCUT2D eigenvalue weighted by Crippen LogP contribution is -2.40. The van der Waals surface area contributed by atoms with Crippen LogP contribution in [0.25, 0.3) is 0 Å². The summed E-state index contributed by atoms with van der Waals surface area (Å²) in [5.74, 6) is 1.42. The first-order valence-corrected chi connectivity index (χ1v) is 11.8. The first-order chi connectivity index (χ1) is 15.1. The summed E-state index contributed by atoms with van der Waals surface area (Å²) in [5.41, 5.74) is 1.18. The van der Waals surface area contributed by atoms with Crippen LogP contribution < -0.4 is 23.7 Å². The van der Waals surface area contributed by atoms with Crippen molar-refractivity contribution in [2.24, 2.45) is 0 Å². The molecule has 1 unspecified atom stereocenters. The molecule has 0 heterocycles. The third-order valence-electron chi connectivity index (χ3n) is 4.86. The summed E-state index contributed by atoms with van der Waals surface area (Å²) in [6, 6.07) is 9.60. The van der Waals surface area contributed by atoms with Gasteiger partial charge in [0.15, 0.2) is 11.5 Å². The smallest absolute Gasteiger partial charge is 0.322 e. The molecule has 2 aromatic carbocycles. The number of benzene rings is 2. The van der Waals surface area contributed by atoms with Crippen LogP contribution in [0, 0.1) is 0 Å².